The second-order valence-corrected chi connectivity index (χ2v) is 4.89. The van der Waals surface area contributed by atoms with Gasteiger partial charge in [0.2, 0.25) is 0 Å². The predicted molar refractivity (Wildman–Crippen MR) is 66.8 cm³/mol. The molecule has 1 fully saturated rings. The molecule has 20 heavy (non-hydrogen) atoms. The summed E-state index contributed by atoms with van der Waals surface area (Å²) in [6.45, 7) is 2.50. The van der Waals surface area contributed by atoms with Crippen molar-refractivity contribution in [2.45, 2.75) is 12.7 Å². The Morgan fingerprint density at radius 3 is 2.65 bits per heavy atom. The highest BCUT2D eigenvalue weighted by Gasteiger charge is 2.34. The highest BCUT2D eigenvalue weighted by molar-refractivity contribution is 5.63. The zero-order valence-corrected chi connectivity index (χ0v) is 10.6. The molecule has 2 heterocycles. The Bertz CT molecular complexity index is 602. The van der Waals surface area contributed by atoms with Crippen molar-refractivity contribution in [3.8, 4) is 11.3 Å². The van der Waals surface area contributed by atoms with E-state index in [4.69, 9.17) is 0 Å². The first-order chi connectivity index (χ1) is 9.54. The van der Waals surface area contributed by atoms with Crippen LogP contribution in [0, 0.1) is 5.92 Å². The van der Waals surface area contributed by atoms with Crippen molar-refractivity contribution in [2.75, 3.05) is 13.1 Å². The lowest BCUT2D eigenvalue weighted by molar-refractivity contribution is -0.137. The highest BCUT2D eigenvalue weighted by atomic mass is 19.4. The molecule has 4 nitrogen and oxygen atoms in total. The molecule has 0 aliphatic carbocycles. The molecule has 0 amide bonds. The molecular formula is C13H13F3N4. The third-order valence-corrected chi connectivity index (χ3v) is 3.36. The first-order valence-corrected chi connectivity index (χ1v) is 6.31. The Kier molecular flexibility index (Phi) is 3.21. The summed E-state index contributed by atoms with van der Waals surface area (Å²) < 4.78 is 40.5. The third kappa shape index (κ3) is 2.53. The van der Waals surface area contributed by atoms with E-state index in [-0.39, 0.29) is 11.3 Å². The van der Waals surface area contributed by atoms with E-state index in [1.54, 1.807) is 16.9 Å². The van der Waals surface area contributed by atoms with Gasteiger partial charge in [0.05, 0.1) is 11.8 Å². The Balaban J connectivity index is 1.89. The molecule has 0 saturated carbocycles. The number of aromatic nitrogens is 3. The van der Waals surface area contributed by atoms with Crippen LogP contribution in [0.2, 0.25) is 0 Å². The van der Waals surface area contributed by atoms with Gasteiger partial charge in [0, 0.05) is 31.1 Å². The number of nitrogens with one attached hydrogen (secondary N) is 1. The minimum Gasteiger partial charge on any atom is -0.316 e. The molecule has 2 aromatic rings. The SMILES string of the molecule is FC(F)(F)c1ccccc1-c1cn(CC2CNC2)nn1. The van der Waals surface area contributed by atoms with Gasteiger partial charge >= 0.3 is 6.18 Å². The summed E-state index contributed by atoms with van der Waals surface area (Å²) in [5.74, 6) is 0.474. The van der Waals surface area contributed by atoms with Crippen molar-refractivity contribution >= 4 is 0 Å². The van der Waals surface area contributed by atoms with E-state index in [2.05, 4.69) is 15.6 Å². The lowest BCUT2D eigenvalue weighted by Crippen LogP contribution is -2.44. The molecule has 1 aromatic carbocycles. The van der Waals surface area contributed by atoms with E-state index < -0.39 is 11.7 Å². The summed E-state index contributed by atoms with van der Waals surface area (Å²) >= 11 is 0. The topological polar surface area (TPSA) is 42.7 Å². The van der Waals surface area contributed by atoms with Crippen LogP contribution < -0.4 is 5.32 Å². The van der Waals surface area contributed by atoms with Gasteiger partial charge in [0.25, 0.3) is 0 Å². The molecule has 1 aromatic heterocycles. The zero-order chi connectivity index (χ0) is 14.2. The fourth-order valence-electron chi connectivity index (χ4n) is 2.21. The summed E-state index contributed by atoms with van der Waals surface area (Å²) in [5, 5.41) is 10.9. The molecule has 0 unspecified atom stereocenters. The largest absolute Gasteiger partial charge is 0.417 e. The van der Waals surface area contributed by atoms with E-state index in [0.29, 0.717) is 12.5 Å². The fourth-order valence-corrected chi connectivity index (χ4v) is 2.21. The monoisotopic (exact) mass is 282 g/mol. The van der Waals surface area contributed by atoms with Crippen LogP contribution in [-0.2, 0) is 12.7 Å². The molecule has 1 aliphatic rings. The summed E-state index contributed by atoms with van der Waals surface area (Å²) in [7, 11) is 0. The Labute approximate surface area is 113 Å². The van der Waals surface area contributed by atoms with Gasteiger partial charge in [-0.05, 0) is 6.07 Å². The van der Waals surface area contributed by atoms with Crippen LogP contribution in [0.3, 0.4) is 0 Å². The van der Waals surface area contributed by atoms with Crippen LogP contribution in [0.4, 0.5) is 13.2 Å². The normalized spacial score (nSPS) is 16.1. The van der Waals surface area contributed by atoms with Crippen molar-refractivity contribution in [2.24, 2.45) is 5.92 Å². The summed E-state index contributed by atoms with van der Waals surface area (Å²) in [5.41, 5.74) is -0.361. The summed E-state index contributed by atoms with van der Waals surface area (Å²) in [4.78, 5) is 0. The van der Waals surface area contributed by atoms with Gasteiger partial charge in [0.1, 0.15) is 5.69 Å². The molecule has 106 valence electrons. The van der Waals surface area contributed by atoms with Crippen molar-refractivity contribution in [3.05, 3.63) is 36.0 Å². The number of benzene rings is 1. The third-order valence-electron chi connectivity index (χ3n) is 3.36. The smallest absolute Gasteiger partial charge is 0.316 e. The Morgan fingerprint density at radius 1 is 1.25 bits per heavy atom. The van der Waals surface area contributed by atoms with Gasteiger partial charge < -0.3 is 5.32 Å². The van der Waals surface area contributed by atoms with E-state index >= 15 is 0 Å². The first-order valence-electron chi connectivity index (χ1n) is 6.31. The molecule has 0 spiro atoms. The van der Waals surface area contributed by atoms with Crippen molar-refractivity contribution in [1.82, 2.24) is 20.3 Å². The predicted octanol–water partition coefficient (Wildman–Crippen LogP) is 2.18. The first kappa shape index (κ1) is 13.1. The maximum Gasteiger partial charge on any atom is 0.417 e. The van der Waals surface area contributed by atoms with Gasteiger partial charge in [-0.25, -0.2) is 0 Å². The van der Waals surface area contributed by atoms with Gasteiger partial charge in [-0.15, -0.1) is 5.10 Å². The second-order valence-electron chi connectivity index (χ2n) is 4.89. The van der Waals surface area contributed by atoms with E-state index in [1.165, 1.54) is 12.1 Å². The van der Waals surface area contributed by atoms with Crippen molar-refractivity contribution in [1.29, 1.82) is 0 Å². The number of rotatable bonds is 3. The minimum atomic E-state index is -4.39. The van der Waals surface area contributed by atoms with Crippen LogP contribution in [0.15, 0.2) is 30.5 Å². The van der Waals surface area contributed by atoms with Gasteiger partial charge in [-0.1, -0.05) is 23.4 Å². The molecule has 1 aliphatic heterocycles. The van der Waals surface area contributed by atoms with Crippen LogP contribution in [0.5, 0.6) is 0 Å². The van der Waals surface area contributed by atoms with Crippen molar-refractivity contribution < 1.29 is 13.2 Å². The molecule has 3 rings (SSSR count). The number of alkyl halides is 3. The second kappa shape index (κ2) is 4.90. The van der Waals surface area contributed by atoms with Crippen LogP contribution >= 0.6 is 0 Å². The standard InChI is InChI=1S/C13H13F3N4/c14-13(15,16)11-4-2-1-3-10(11)12-8-20(19-18-12)7-9-5-17-6-9/h1-4,8-9,17H,5-7H2. The lowest BCUT2D eigenvalue weighted by atomic mass is 10.0. The summed E-state index contributed by atoms with van der Waals surface area (Å²) in [6, 6.07) is 5.42. The fraction of sp³-hybridized carbons (Fsp3) is 0.385. The lowest BCUT2D eigenvalue weighted by Gasteiger charge is -2.26. The zero-order valence-electron chi connectivity index (χ0n) is 10.6. The van der Waals surface area contributed by atoms with E-state index in [9.17, 15) is 13.2 Å². The summed E-state index contributed by atoms with van der Waals surface area (Å²) in [6.07, 6.45) is -2.82. The van der Waals surface area contributed by atoms with Crippen molar-refractivity contribution in [3.63, 3.8) is 0 Å². The maximum absolute atomic E-state index is 13.0. The van der Waals surface area contributed by atoms with E-state index in [0.717, 1.165) is 19.2 Å². The molecule has 1 saturated heterocycles. The molecule has 0 radical (unpaired) electrons. The van der Waals surface area contributed by atoms with Crippen LogP contribution in [-0.4, -0.2) is 28.1 Å². The molecular weight excluding hydrogens is 269 g/mol. The Hall–Kier alpha value is -1.89. The van der Waals surface area contributed by atoms with Crippen LogP contribution in [0.1, 0.15) is 5.56 Å². The van der Waals surface area contributed by atoms with E-state index in [1.807, 2.05) is 0 Å². The number of nitrogens with zero attached hydrogens (tertiary/aromatic N) is 3. The Morgan fingerprint density at radius 2 is 2.00 bits per heavy atom. The number of hydrogen-bond acceptors (Lipinski definition) is 3. The number of hydrogen-bond donors (Lipinski definition) is 1. The van der Waals surface area contributed by atoms with Gasteiger partial charge in [-0.2, -0.15) is 13.2 Å². The quantitative estimate of drug-likeness (QED) is 0.938. The van der Waals surface area contributed by atoms with Crippen LogP contribution in [0.25, 0.3) is 11.3 Å². The van der Waals surface area contributed by atoms with Gasteiger partial charge in [0.15, 0.2) is 0 Å². The minimum absolute atomic E-state index is 0.0676. The molecule has 0 bridgehead atoms. The molecule has 0 atom stereocenters. The highest BCUT2D eigenvalue weighted by Crippen LogP contribution is 2.36. The van der Waals surface area contributed by atoms with Gasteiger partial charge in [-0.3, -0.25) is 4.68 Å². The molecule has 1 N–H and O–H groups in total. The maximum atomic E-state index is 13.0. The average molecular weight is 282 g/mol. The number of halogens is 3. The molecule has 7 heteroatoms. The average Bonchev–Trinajstić information content (AvgIpc) is 2.81.